The average Bonchev–Trinajstić information content (AvgIpc) is 2.54. The molecule has 0 saturated heterocycles. The minimum atomic E-state index is -0.361. The first kappa shape index (κ1) is 15.4. The fourth-order valence-corrected chi connectivity index (χ4v) is 2.68. The zero-order chi connectivity index (χ0) is 16.6. The van der Waals surface area contributed by atoms with E-state index in [1.165, 1.54) is 22.8 Å². The Kier molecular flexibility index (Phi) is 3.96. The van der Waals surface area contributed by atoms with Gasteiger partial charge in [0, 0.05) is 11.5 Å². The molecule has 0 atom stereocenters. The van der Waals surface area contributed by atoms with Crippen LogP contribution in [0.1, 0.15) is 31.0 Å². The summed E-state index contributed by atoms with van der Waals surface area (Å²) in [6.45, 7) is 3.86. The van der Waals surface area contributed by atoms with Crippen LogP contribution in [0, 0.1) is 5.82 Å². The first-order valence-electron chi connectivity index (χ1n) is 7.43. The van der Waals surface area contributed by atoms with Gasteiger partial charge in [-0.1, -0.05) is 13.8 Å². The van der Waals surface area contributed by atoms with E-state index in [-0.39, 0.29) is 23.9 Å². The second-order valence-corrected chi connectivity index (χ2v) is 5.74. The Hall–Kier alpha value is -2.53. The Morgan fingerprint density at radius 2 is 1.87 bits per heavy atom. The summed E-state index contributed by atoms with van der Waals surface area (Å²) in [5.74, 6) is -0.251. The number of aliphatic hydroxyl groups excluding tert-OH is 1. The van der Waals surface area contributed by atoms with Crippen LogP contribution in [0.25, 0.3) is 16.7 Å². The molecule has 1 N–H and O–H groups in total. The largest absolute Gasteiger partial charge is 0.392 e. The van der Waals surface area contributed by atoms with Crippen molar-refractivity contribution in [3.8, 4) is 5.69 Å². The maximum Gasteiger partial charge on any atom is 0.256 e. The third-order valence-electron chi connectivity index (χ3n) is 3.78. The van der Waals surface area contributed by atoms with E-state index >= 15 is 0 Å². The lowest BCUT2D eigenvalue weighted by atomic mass is 10.0. The third kappa shape index (κ3) is 2.75. The molecule has 2 heterocycles. The van der Waals surface area contributed by atoms with Gasteiger partial charge in [-0.15, -0.1) is 0 Å². The Morgan fingerprint density at radius 3 is 2.48 bits per heavy atom. The first-order valence-corrected chi connectivity index (χ1v) is 7.43. The van der Waals surface area contributed by atoms with Crippen molar-refractivity contribution in [1.82, 2.24) is 9.55 Å². The lowest BCUT2D eigenvalue weighted by Crippen LogP contribution is -2.19. The van der Waals surface area contributed by atoms with Gasteiger partial charge >= 0.3 is 0 Å². The van der Waals surface area contributed by atoms with E-state index in [1.54, 1.807) is 18.2 Å². The molecule has 5 heteroatoms. The number of hydrogen-bond acceptors (Lipinski definition) is 3. The van der Waals surface area contributed by atoms with E-state index in [2.05, 4.69) is 4.98 Å². The third-order valence-corrected chi connectivity index (χ3v) is 3.78. The highest BCUT2D eigenvalue weighted by atomic mass is 19.1. The second-order valence-electron chi connectivity index (χ2n) is 5.74. The van der Waals surface area contributed by atoms with Gasteiger partial charge in [0.15, 0.2) is 0 Å². The summed E-state index contributed by atoms with van der Waals surface area (Å²) >= 11 is 0. The normalized spacial score (nSPS) is 11.3. The van der Waals surface area contributed by atoms with Crippen molar-refractivity contribution < 1.29 is 9.50 Å². The number of nitrogens with zero attached hydrogens (tertiary/aromatic N) is 2. The molecular formula is C18H17FN2O2. The summed E-state index contributed by atoms with van der Waals surface area (Å²) in [5, 5.41) is 10.3. The highest BCUT2D eigenvalue weighted by Gasteiger charge is 2.13. The fraction of sp³-hybridized carbons (Fsp3) is 0.222. The number of aliphatic hydroxyl groups is 1. The van der Waals surface area contributed by atoms with Crippen molar-refractivity contribution in [3.05, 3.63) is 69.9 Å². The molecule has 0 spiro atoms. The number of halogens is 1. The van der Waals surface area contributed by atoms with Gasteiger partial charge in [0.2, 0.25) is 0 Å². The molecule has 4 nitrogen and oxygen atoms in total. The molecule has 3 rings (SSSR count). The topological polar surface area (TPSA) is 55.1 Å². The Morgan fingerprint density at radius 1 is 1.17 bits per heavy atom. The van der Waals surface area contributed by atoms with Gasteiger partial charge in [0.05, 0.1) is 18.0 Å². The Bertz CT molecular complexity index is 915. The van der Waals surface area contributed by atoms with E-state index in [4.69, 9.17) is 0 Å². The second kappa shape index (κ2) is 5.93. The summed E-state index contributed by atoms with van der Waals surface area (Å²) < 4.78 is 14.6. The summed E-state index contributed by atoms with van der Waals surface area (Å²) in [5.41, 5.74) is 2.33. The van der Waals surface area contributed by atoms with Crippen LogP contribution in [0.3, 0.4) is 0 Å². The van der Waals surface area contributed by atoms with Crippen LogP contribution in [-0.4, -0.2) is 14.7 Å². The van der Waals surface area contributed by atoms with Gasteiger partial charge in [-0.3, -0.25) is 9.36 Å². The molecule has 118 valence electrons. The number of rotatable bonds is 3. The van der Waals surface area contributed by atoms with Gasteiger partial charge in [0.25, 0.3) is 5.56 Å². The molecule has 2 aromatic heterocycles. The summed E-state index contributed by atoms with van der Waals surface area (Å²) in [7, 11) is 0. The van der Waals surface area contributed by atoms with Crippen LogP contribution in [0.2, 0.25) is 0 Å². The van der Waals surface area contributed by atoms with Crippen molar-refractivity contribution in [2.45, 2.75) is 26.4 Å². The number of pyridine rings is 2. The zero-order valence-electron chi connectivity index (χ0n) is 13.0. The first-order chi connectivity index (χ1) is 11.0. The van der Waals surface area contributed by atoms with E-state index in [1.807, 2.05) is 19.9 Å². The number of aromatic nitrogens is 2. The van der Waals surface area contributed by atoms with Crippen LogP contribution in [0.5, 0.6) is 0 Å². The Labute approximate surface area is 132 Å². The molecular weight excluding hydrogens is 295 g/mol. The van der Waals surface area contributed by atoms with E-state index < -0.39 is 0 Å². The number of fused-ring (bicyclic) bond motifs is 1. The highest BCUT2D eigenvalue weighted by molar-refractivity contribution is 5.78. The lowest BCUT2D eigenvalue weighted by molar-refractivity contribution is 0.279. The molecule has 0 aliphatic carbocycles. The monoisotopic (exact) mass is 312 g/mol. The summed E-state index contributed by atoms with van der Waals surface area (Å²) in [6.07, 6.45) is 0. The highest BCUT2D eigenvalue weighted by Crippen LogP contribution is 2.23. The van der Waals surface area contributed by atoms with Gasteiger partial charge in [-0.05, 0) is 47.9 Å². The maximum absolute atomic E-state index is 13.2. The van der Waals surface area contributed by atoms with E-state index in [0.29, 0.717) is 11.3 Å². The summed E-state index contributed by atoms with van der Waals surface area (Å²) in [6, 6.07) is 10.7. The van der Waals surface area contributed by atoms with Gasteiger partial charge in [-0.2, -0.15) is 0 Å². The van der Waals surface area contributed by atoms with E-state index in [9.17, 15) is 14.3 Å². The van der Waals surface area contributed by atoms with Gasteiger partial charge < -0.3 is 5.11 Å². The minimum Gasteiger partial charge on any atom is -0.392 e. The lowest BCUT2D eigenvalue weighted by Gasteiger charge is -2.15. The molecule has 0 amide bonds. The van der Waals surface area contributed by atoms with E-state index in [0.717, 1.165) is 16.6 Å². The van der Waals surface area contributed by atoms with Crippen molar-refractivity contribution in [2.75, 3.05) is 0 Å². The molecule has 3 aromatic rings. The Balaban J connectivity index is 2.36. The SMILES string of the molecule is CC(C)c1nc2c(ccc(=O)n2-c2ccc(F)cc2)cc1CO. The van der Waals surface area contributed by atoms with Crippen LogP contribution in [-0.2, 0) is 6.61 Å². The smallest absolute Gasteiger partial charge is 0.256 e. The molecule has 0 bridgehead atoms. The van der Waals surface area contributed by atoms with Gasteiger partial charge in [0.1, 0.15) is 11.5 Å². The fourth-order valence-electron chi connectivity index (χ4n) is 2.68. The minimum absolute atomic E-state index is 0.105. The van der Waals surface area contributed by atoms with Crippen LogP contribution in [0.15, 0.2) is 47.3 Å². The van der Waals surface area contributed by atoms with Crippen molar-refractivity contribution in [2.24, 2.45) is 0 Å². The maximum atomic E-state index is 13.2. The van der Waals surface area contributed by atoms with Crippen LogP contribution in [0.4, 0.5) is 4.39 Å². The van der Waals surface area contributed by atoms with Gasteiger partial charge in [-0.25, -0.2) is 9.37 Å². The molecule has 0 aliphatic rings. The van der Waals surface area contributed by atoms with Crippen molar-refractivity contribution in [3.63, 3.8) is 0 Å². The average molecular weight is 312 g/mol. The quantitative estimate of drug-likeness (QED) is 0.808. The van der Waals surface area contributed by atoms with Crippen molar-refractivity contribution >= 4 is 11.0 Å². The standard InChI is InChI=1S/C18H17FN2O2/c1-11(2)17-13(10-22)9-12-3-8-16(23)21(18(12)20-17)15-6-4-14(19)5-7-15/h3-9,11,22H,10H2,1-2H3. The van der Waals surface area contributed by atoms with Crippen LogP contribution < -0.4 is 5.56 Å². The zero-order valence-corrected chi connectivity index (χ0v) is 13.0. The molecule has 23 heavy (non-hydrogen) atoms. The van der Waals surface area contributed by atoms with Crippen LogP contribution >= 0.6 is 0 Å². The predicted molar refractivity (Wildman–Crippen MR) is 87.3 cm³/mol. The molecule has 0 fully saturated rings. The molecule has 0 aliphatic heterocycles. The molecule has 0 saturated carbocycles. The molecule has 0 unspecified atom stereocenters. The molecule has 0 radical (unpaired) electrons. The number of hydrogen-bond donors (Lipinski definition) is 1. The summed E-state index contributed by atoms with van der Waals surface area (Å²) in [4.78, 5) is 16.9. The predicted octanol–water partition coefficient (Wildman–Crippen LogP) is 3.14. The molecule has 1 aromatic carbocycles. The van der Waals surface area contributed by atoms with Crippen molar-refractivity contribution in [1.29, 1.82) is 0 Å². The number of benzene rings is 1.